The van der Waals surface area contributed by atoms with Gasteiger partial charge in [0.15, 0.2) is 0 Å². The number of ether oxygens (including phenoxy) is 1. The molecule has 0 radical (unpaired) electrons. The van der Waals surface area contributed by atoms with Crippen molar-refractivity contribution in [1.82, 2.24) is 0 Å². The maximum Gasteiger partial charge on any atom is 0.338 e. The van der Waals surface area contributed by atoms with Crippen LogP contribution in [0.25, 0.3) is 0 Å². The summed E-state index contributed by atoms with van der Waals surface area (Å²) in [6, 6.07) is 9.65. The Bertz CT molecular complexity index is 597. The Morgan fingerprint density at radius 3 is 2.90 bits per heavy atom. The van der Waals surface area contributed by atoms with Crippen LogP contribution < -0.4 is 5.32 Å². The molecule has 0 aliphatic rings. The SMILES string of the molecule is CCOC(=O)c1cccc(NC(C)c2cc(Br)cs2)c1. The Hall–Kier alpha value is -1.33. The second-order valence-electron chi connectivity index (χ2n) is 4.33. The molecule has 20 heavy (non-hydrogen) atoms. The molecular formula is C15H16BrNO2S. The third kappa shape index (κ3) is 3.84. The van der Waals surface area contributed by atoms with Crippen LogP contribution in [0, 0.1) is 0 Å². The summed E-state index contributed by atoms with van der Waals surface area (Å²) >= 11 is 5.15. The molecule has 1 aromatic carbocycles. The van der Waals surface area contributed by atoms with Crippen LogP contribution in [0.1, 0.15) is 35.1 Å². The van der Waals surface area contributed by atoms with Gasteiger partial charge in [-0.15, -0.1) is 11.3 Å². The highest BCUT2D eigenvalue weighted by Gasteiger charge is 2.10. The number of esters is 1. The summed E-state index contributed by atoms with van der Waals surface area (Å²) in [6.07, 6.45) is 0. The molecule has 0 aliphatic heterocycles. The average molecular weight is 354 g/mol. The molecule has 0 bridgehead atoms. The van der Waals surface area contributed by atoms with Gasteiger partial charge in [-0.1, -0.05) is 6.07 Å². The Kier molecular flexibility index (Phi) is 5.20. The van der Waals surface area contributed by atoms with Gasteiger partial charge in [-0.25, -0.2) is 4.79 Å². The number of hydrogen-bond acceptors (Lipinski definition) is 4. The Labute approximate surface area is 131 Å². The zero-order chi connectivity index (χ0) is 14.5. The Morgan fingerprint density at radius 2 is 2.25 bits per heavy atom. The molecule has 0 saturated carbocycles. The lowest BCUT2D eigenvalue weighted by Gasteiger charge is -2.14. The van der Waals surface area contributed by atoms with Crippen molar-refractivity contribution in [1.29, 1.82) is 0 Å². The van der Waals surface area contributed by atoms with E-state index in [9.17, 15) is 4.79 Å². The standard InChI is InChI=1S/C15H16BrNO2S/c1-3-19-15(18)11-5-4-6-13(7-11)17-10(2)14-8-12(16)9-20-14/h4-10,17H,3H2,1-2H3. The van der Waals surface area contributed by atoms with Gasteiger partial charge < -0.3 is 10.1 Å². The molecule has 0 spiro atoms. The van der Waals surface area contributed by atoms with Crippen molar-refractivity contribution in [3.8, 4) is 0 Å². The molecule has 0 amide bonds. The first-order chi connectivity index (χ1) is 9.60. The maximum absolute atomic E-state index is 11.7. The summed E-state index contributed by atoms with van der Waals surface area (Å²) in [5.74, 6) is -0.289. The van der Waals surface area contributed by atoms with Crippen molar-refractivity contribution in [2.24, 2.45) is 0 Å². The Balaban J connectivity index is 2.09. The third-order valence-electron chi connectivity index (χ3n) is 2.77. The number of nitrogens with one attached hydrogen (secondary N) is 1. The maximum atomic E-state index is 11.7. The van der Waals surface area contributed by atoms with E-state index in [-0.39, 0.29) is 12.0 Å². The second kappa shape index (κ2) is 6.90. The van der Waals surface area contributed by atoms with Gasteiger partial charge in [0, 0.05) is 20.4 Å². The molecule has 1 atom stereocenters. The number of benzene rings is 1. The highest BCUT2D eigenvalue weighted by atomic mass is 79.9. The smallest absolute Gasteiger partial charge is 0.338 e. The monoisotopic (exact) mass is 353 g/mol. The number of rotatable bonds is 5. The van der Waals surface area contributed by atoms with Crippen molar-refractivity contribution in [3.05, 3.63) is 50.6 Å². The van der Waals surface area contributed by atoms with Gasteiger partial charge in [0.25, 0.3) is 0 Å². The fourth-order valence-corrected chi connectivity index (χ4v) is 3.28. The van der Waals surface area contributed by atoms with E-state index in [2.05, 4.69) is 39.6 Å². The summed E-state index contributed by atoms with van der Waals surface area (Å²) in [5.41, 5.74) is 1.48. The Morgan fingerprint density at radius 1 is 1.45 bits per heavy atom. The van der Waals surface area contributed by atoms with Crippen LogP contribution in [0.15, 0.2) is 40.2 Å². The number of hydrogen-bond donors (Lipinski definition) is 1. The molecule has 106 valence electrons. The highest BCUT2D eigenvalue weighted by Crippen LogP contribution is 2.28. The lowest BCUT2D eigenvalue weighted by atomic mass is 10.2. The first-order valence-corrected chi connectivity index (χ1v) is 8.05. The minimum atomic E-state index is -0.289. The van der Waals surface area contributed by atoms with E-state index < -0.39 is 0 Å². The van der Waals surface area contributed by atoms with Crippen molar-refractivity contribution in [2.75, 3.05) is 11.9 Å². The van der Waals surface area contributed by atoms with E-state index in [1.807, 2.05) is 18.2 Å². The van der Waals surface area contributed by atoms with Gasteiger partial charge in [-0.2, -0.15) is 0 Å². The van der Waals surface area contributed by atoms with Gasteiger partial charge in [-0.05, 0) is 54.0 Å². The fourth-order valence-electron chi connectivity index (χ4n) is 1.83. The number of halogens is 1. The van der Waals surface area contributed by atoms with Crippen LogP contribution in [-0.2, 0) is 4.74 Å². The first-order valence-electron chi connectivity index (χ1n) is 6.37. The lowest BCUT2D eigenvalue weighted by molar-refractivity contribution is 0.0526. The largest absolute Gasteiger partial charge is 0.462 e. The predicted molar refractivity (Wildman–Crippen MR) is 86.5 cm³/mol. The van der Waals surface area contributed by atoms with E-state index in [1.165, 1.54) is 4.88 Å². The number of carbonyl (C=O) groups is 1. The van der Waals surface area contributed by atoms with E-state index in [4.69, 9.17) is 4.74 Å². The topological polar surface area (TPSA) is 38.3 Å². The van der Waals surface area contributed by atoms with Gasteiger partial charge in [0.1, 0.15) is 0 Å². The predicted octanol–water partition coefficient (Wildman–Crippen LogP) is 4.86. The van der Waals surface area contributed by atoms with Crippen LogP contribution in [0.2, 0.25) is 0 Å². The van der Waals surface area contributed by atoms with Gasteiger partial charge >= 0.3 is 5.97 Å². The molecular weight excluding hydrogens is 338 g/mol. The molecule has 2 aromatic rings. The van der Waals surface area contributed by atoms with E-state index in [1.54, 1.807) is 24.3 Å². The highest BCUT2D eigenvalue weighted by molar-refractivity contribution is 9.10. The summed E-state index contributed by atoms with van der Waals surface area (Å²) in [5, 5.41) is 5.45. The number of anilines is 1. The molecule has 1 aromatic heterocycles. The summed E-state index contributed by atoms with van der Waals surface area (Å²) in [6.45, 7) is 4.28. The van der Waals surface area contributed by atoms with E-state index >= 15 is 0 Å². The fraction of sp³-hybridized carbons (Fsp3) is 0.267. The van der Waals surface area contributed by atoms with Crippen LogP contribution >= 0.6 is 27.3 Å². The zero-order valence-electron chi connectivity index (χ0n) is 11.4. The normalized spacial score (nSPS) is 11.9. The average Bonchev–Trinajstić information content (AvgIpc) is 2.86. The number of carbonyl (C=O) groups excluding carboxylic acids is 1. The zero-order valence-corrected chi connectivity index (χ0v) is 13.8. The van der Waals surface area contributed by atoms with Gasteiger partial charge in [-0.3, -0.25) is 0 Å². The van der Waals surface area contributed by atoms with Gasteiger partial charge in [0.05, 0.1) is 18.2 Å². The van der Waals surface area contributed by atoms with Crippen LogP contribution in [-0.4, -0.2) is 12.6 Å². The molecule has 1 heterocycles. The molecule has 0 aliphatic carbocycles. The first kappa shape index (κ1) is 15.1. The van der Waals surface area contributed by atoms with Crippen LogP contribution in [0.3, 0.4) is 0 Å². The minimum Gasteiger partial charge on any atom is -0.462 e. The summed E-state index contributed by atoms with van der Waals surface area (Å²) in [7, 11) is 0. The molecule has 0 fully saturated rings. The molecule has 1 unspecified atom stereocenters. The molecule has 5 heteroatoms. The second-order valence-corrected chi connectivity index (χ2v) is 6.19. The number of thiophene rings is 1. The molecule has 0 saturated heterocycles. The van der Waals surface area contributed by atoms with Crippen molar-refractivity contribution < 1.29 is 9.53 Å². The lowest BCUT2D eigenvalue weighted by Crippen LogP contribution is -2.08. The quantitative estimate of drug-likeness (QED) is 0.780. The van der Waals surface area contributed by atoms with E-state index in [0.29, 0.717) is 12.2 Å². The summed E-state index contributed by atoms with van der Waals surface area (Å²) < 4.78 is 6.09. The molecule has 1 N–H and O–H groups in total. The molecule has 2 rings (SSSR count). The van der Waals surface area contributed by atoms with Crippen molar-refractivity contribution in [3.63, 3.8) is 0 Å². The van der Waals surface area contributed by atoms with Crippen LogP contribution in [0.4, 0.5) is 5.69 Å². The van der Waals surface area contributed by atoms with Crippen molar-refractivity contribution >= 4 is 38.9 Å². The van der Waals surface area contributed by atoms with E-state index in [0.717, 1.165) is 10.2 Å². The van der Waals surface area contributed by atoms with Crippen LogP contribution in [0.5, 0.6) is 0 Å². The van der Waals surface area contributed by atoms with Crippen molar-refractivity contribution in [2.45, 2.75) is 19.9 Å². The summed E-state index contributed by atoms with van der Waals surface area (Å²) in [4.78, 5) is 12.9. The third-order valence-corrected chi connectivity index (χ3v) is 4.65. The molecule has 3 nitrogen and oxygen atoms in total. The van der Waals surface area contributed by atoms with Gasteiger partial charge in [0.2, 0.25) is 0 Å². The minimum absolute atomic E-state index is 0.184.